The molecule has 108 valence electrons. The van der Waals surface area contributed by atoms with Crippen LogP contribution in [0.25, 0.3) is 0 Å². The van der Waals surface area contributed by atoms with Crippen LogP contribution in [0.1, 0.15) is 12.8 Å². The highest BCUT2D eigenvalue weighted by Crippen LogP contribution is 2.16. The summed E-state index contributed by atoms with van der Waals surface area (Å²) >= 11 is 0. The van der Waals surface area contributed by atoms with Gasteiger partial charge in [0.25, 0.3) is 0 Å². The molecule has 1 fully saturated rings. The molecule has 0 amide bonds. The van der Waals surface area contributed by atoms with E-state index in [1.165, 1.54) is 6.42 Å². The summed E-state index contributed by atoms with van der Waals surface area (Å²) in [4.78, 5) is 0. The first-order valence-corrected chi connectivity index (χ1v) is 7.97. The summed E-state index contributed by atoms with van der Waals surface area (Å²) in [5, 5.41) is 6.77. The Hall–Kier alpha value is -0.980. The normalized spacial score (nSPS) is 19.3. The van der Waals surface area contributed by atoms with Gasteiger partial charge in [0.15, 0.2) is 0 Å². The van der Waals surface area contributed by atoms with Gasteiger partial charge in [0.1, 0.15) is 0 Å². The van der Waals surface area contributed by atoms with E-state index in [0.717, 1.165) is 31.5 Å². The third kappa shape index (κ3) is 5.67. The van der Waals surface area contributed by atoms with Crippen LogP contribution in [-0.2, 0) is 10.0 Å². The number of anilines is 2. The van der Waals surface area contributed by atoms with Crippen molar-refractivity contribution >= 4 is 33.8 Å². The van der Waals surface area contributed by atoms with Gasteiger partial charge in [-0.3, -0.25) is 4.72 Å². The fraction of sp³-hybridized carbons (Fsp3) is 0.500. The Balaban J connectivity index is 0.00000180. The maximum absolute atomic E-state index is 11.1. The second-order valence-electron chi connectivity index (χ2n) is 4.64. The second kappa shape index (κ2) is 6.98. The quantitative estimate of drug-likeness (QED) is 0.791. The van der Waals surface area contributed by atoms with Crippen LogP contribution in [0.5, 0.6) is 0 Å². The summed E-state index contributed by atoms with van der Waals surface area (Å²) < 4.78 is 24.6. The Morgan fingerprint density at radius 2 is 1.84 bits per heavy atom. The maximum Gasteiger partial charge on any atom is 0.229 e. The van der Waals surface area contributed by atoms with Gasteiger partial charge in [-0.25, -0.2) is 8.42 Å². The van der Waals surface area contributed by atoms with E-state index in [-0.39, 0.29) is 12.4 Å². The molecule has 3 N–H and O–H groups in total. The first-order valence-electron chi connectivity index (χ1n) is 6.08. The molecule has 5 nitrogen and oxygen atoms in total. The van der Waals surface area contributed by atoms with E-state index in [1.54, 1.807) is 12.1 Å². The molecule has 1 saturated heterocycles. The smallest absolute Gasteiger partial charge is 0.229 e. The maximum atomic E-state index is 11.1. The zero-order valence-electron chi connectivity index (χ0n) is 10.8. The van der Waals surface area contributed by atoms with Gasteiger partial charge in [-0.15, -0.1) is 12.4 Å². The van der Waals surface area contributed by atoms with Gasteiger partial charge in [0.2, 0.25) is 10.0 Å². The molecule has 7 heteroatoms. The summed E-state index contributed by atoms with van der Waals surface area (Å²) in [7, 11) is -3.20. The number of rotatable bonds is 4. The predicted molar refractivity (Wildman–Crippen MR) is 81.7 cm³/mol. The predicted octanol–water partition coefficient (Wildman–Crippen LogP) is 1.64. The minimum Gasteiger partial charge on any atom is -0.381 e. The Kier molecular flexibility index (Phi) is 5.90. The van der Waals surface area contributed by atoms with Crippen molar-refractivity contribution in [1.29, 1.82) is 0 Å². The third-order valence-corrected chi connectivity index (χ3v) is 3.46. The minimum atomic E-state index is -3.20. The van der Waals surface area contributed by atoms with E-state index in [1.807, 2.05) is 12.1 Å². The average Bonchev–Trinajstić information content (AvgIpc) is 2.31. The SMILES string of the molecule is CS(=O)(=O)Nc1ccc(NC2CCCNC2)cc1.Cl. The Morgan fingerprint density at radius 3 is 2.37 bits per heavy atom. The van der Waals surface area contributed by atoms with Crippen molar-refractivity contribution in [3.63, 3.8) is 0 Å². The van der Waals surface area contributed by atoms with Gasteiger partial charge < -0.3 is 10.6 Å². The highest BCUT2D eigenvalue weighted by Gasteiger charge is 2.12. The van der Waals surface area contributed by atoms with E-state index in [9.17, 15) is 8.42 Å². The van der Waals surface area contributed by atoms with Gasteiger partial charge in [-0.05, 0) is 43.7 Å². The summed E-state index contributed by atoms with van der Waals surface area (Å²) in [5.74, 6) is 0. The van der Waals surface area contributed by atoms with Crippen LogP contribution in [0.3, 0.4) is 0 Å². The number of hydrogen-bond donors (Lipinski definition) is 3. The molecule has 1 aliphatic heterocycles. The Morgan fingerprint density at radius 1 is 1.21 bits per heavy atom. The zero-order chi connectivity index (χ0) is 13.0. The monoisotopic (exact) mass is 305 g/mol. The Labute approximate surface area is 120 Å². The summed E-state index contributed by atoms with van der Waals surface area (Å²) in [5.41, 5.74) is 1.60. The molecular weight excluding hydrogens is 286 g/mol. The van der Waals surface area contributed by atoms with E-state index in [4.69, 9.17) is 0 Å². The van der Waals surface area contributed by atoms with Gasteiger partial charge in [-0.1, -0.05) is 0 Å². The third-order valence-electron chi connectivity index (χ3n) is 2.86. The van der Waals surface area contributed by atoms with Gasteiger partial charge in [0.05, 0.1) is 6.26 Å². The van der Waals surface area contributed by atoms with Crippen molar-refractivity contribution in [1.82, 2.24) is 5.32 Å². The molecule has 1 atom stereocenters. The molecule has 0 bridgehead atoms. The van der Waals surface area contributed by atoms with Gasteiger partial charge in [-0.2, -0.15) is 0 Å². The fourth-order valence-corrected chi connectivity index (χ4v) is 2.62. The fourth-order valence-electron chi connectivity index (χ4n) is 2.06. The molecular formula is C12H20ClN3O2S. The van der Waals surface area contributed by atoms with Crippen molar-refractivity contribution in [2.75, 3.05) is 29.4 Å². The zero-order valence-corrected chi connectivity index (χ0v) is 12.5. The van der Waals surface area contributed by atoms with Crippen molar-refractivity contribution < 1.29 is 8.42 Å². The number of benzene rings is 1. The summed E-state index contributed by atoms with van der Waals surface area (Å²) in [6.45, 7) is 2.07. The Bertz CT molecular complexity index is 484. The molecule has 0 saturated carbocycles. The second-order valence-corrected chi connectivity index (χ2v) is 6.39. The van der Waals surface area contributed by atoms with Crippen LogP contribution >= 0.6 is 12.4 Å². The summed E-state index contributed by atoms with van der Waals surface area (Å²) in [6, 6.07) is 7.76. The van der Waals surface area contributed by atoms with E-state index in [2.05, 4.69) is 15.4 Å². The van der Waals surface area contributed by atoms with Crippen LogP contribution < -0.4 is 15.4 Å². The molecule has 1 aliphatic rings. The van der Waals surface area contributed by atoms with Crippen molar-refractivity contribution in [3.05, 3.63) is 24.3 Å². The van der Waals surface area contributed by atoms with Crippen LogP contribution in [0.2, 0.25) is 0 Å². The first-order chi connectivity index (χ1) is 8.53. The number of sulfonamides is 1. The topological polar surface area (TPSA) is 70.2 Å². The van der Waals surface area contributed by atoms with Crippen LogP contribution in [-0.4, -0.2) is 33.8 Å². The molecule has 0 spiro atoms. The van der Waals surface area contributed by atoms with Crippen LogP contribution in [0.4, 0.5) is 11.4 Å². The lowest BCUT2D eigenvalue weighted by molar-refractivity contribution is 0.480. The molecule has 1 aromatic rings. The van der Waals surface area contributed by atoms with E-state index >= 15 is 0 Å². The number of nitrogens with one attached hydrogen (secondary N) is 3. The number of piperidine rings is 1. The van der Waals surface area contributed by atoms with Crippen LogP contribution in [0, 0.1) is 0 Å². The standard InChI is InChI=1S/C12H19N3O2S.ClH/c1-18(16,17)15-11-6-4-10(5-7-11)14-12-3-2-8-13-9-12;/h4-7,12-15H,2-3,8-9H2,1H3;1H. The molecule has 1 unspecified atom stereocenters. The van der Waals surface area contributed by atoms with Gasteiger partial charge in [0, 0.05) is 24.0 Å². The number of halogens is 1. The molecule has 19 heavy (non-hydrogen) atoms. The lowest BCUT2D eigenvalue weighted by Gasteiger charge is -2.24. The van der Waals surface area contributed by atoms with E-state index in [0.29, 0.717) is 11.7 Å². The lowest BCUT2D eigenvalue weighted by Crippen LogP contribution is -2.38. The van der Waals surface area contributed by atoms with Crippen LogP contribution in [0.15, 0.2) is 24.3 Å². The van der Waals surface area contributed by atoms with Gasteiger partial charge >= 0.3 is 0 Å². The highest BCUT2D eigenvalue weighted by atomic mass is 35.5. The molecule has 2 rings (SSSR count). The molecule has 0 aromatic heterocycles. The lowest BCUT2D eigenvalue weighted by atomic mass is 10.1. The summed E-state index contributed by atoms with van der Waals surface area (Å²) in [6.07, 6.45) is 3.49. The minimum absolute atomic E-state index is 0. The largest absolute Gasteiger partial charge is 0.381 e. The first kappa shape index (κ1) is 16.1. The van der Waals surface area contributed by atoms with E-state index < -0.39 is 10.0 Å². The number of hydrogen-bond acceptors (Lipinski definition) is 4. The molecule has 1 aromatic carbocycles. The van der Waals surface area contributed by atoms with Crippen molar-refractivity contribution in [2.45, 2.75) is 18.9 Å². The molecule has 0 aliphatic carbocycles. The molecule has 1 heterocycles. The molecule has 0 radical (unpaired) electrons. The highest BCUT2D eigenvalue weighted by molar-refractivity contribution is 7.92. The van der Waals surface area contributed by atoms with Crippen molar-refractivity contribution in [2.24, 2.45) is 0 Å². The average molecular weight is 306 g/mol. The van der Waals surface area contributed by atoms with Crippen molar-refractivity contribution in [3.8, 4) is 0 Å².